The van der Waals surface area contributed by atoms with E-state index in [-0.39, 0.29) is 17.9 Å². The van der Waals surface area contributed by atoms with Crippen LogP contribution in [0.5, 0.6) is 0 Å². The van der Waals surface area contributed by atoms with Crippen LogP contribution in [0.25, 0.3) is 0 Å². The first-order valence-corrected chi connectivity index (χ1v) is 10.2. The number of likely N-dealkylation sites (N-methyl/N-ethyl adjacent to an activating group) is 1. The first-order chi connectivity index (χ1) is 14.5. The van der Waals surface area contributed by atoms with Crippen LogP contribution in [0.2, 0.25) is 0 Å². The van der Waals surface area contributed by atoms with Crippen molar-refractivity contribution in [2.45, 2.75) is 24.7 Å². The summed E-state index contributed by atoms with van der Waals surface area (Å²) in [6.07, 6.45) is 11.6. The molecule has 8 heteroatoms. The van der Waals surface area contributed by atoms with Crippen LogP contribution < -0.4 is 0 Å². The summed E-state index contributed by atoms with van der Waals surface area (Å²) in [4.78, 5) is 34.3. The van der Waals surface area contributed by atoms with Gasteiger partial charge in [0.2, 0.25) is 11.8 Å². The molecule has 0 unspecified atom stereocenters. The van der Waals surface area contributed by atoms with Crippen LogP contribution in [0.4, 0.5) is 0 Å². The van der Waals surface area contributed by atoms with E-state index >= 15 is 0 Å². The maximum absolute atomic E-state index is 13.3. The van der Waals surface area contributed by atoms with Crippen molar-refractivity contribution in [2.75, 3.05) is 20.1 Å². The fraction of sp³-hybridized carbons (Fsp3) is 0.455. The molecule has 2 saturated heterocycles. The first-order valence-electron chi connectivity index (χ1n) is 10.2. The quantitative estimate of drug-likeness (QED) is 0.662. The Morgan fingerprint density at radius 2 is 2.23 bits per heavy atom. The lowest BCUT2D eigenvalue weighted by Gasteiger charge is -2.27. The van der Waals surface area contributed by atoms with Gasteiger partial charge in [-0.1, -0.05) is 18.2 Å². The molecule has 2 aromatic heterocycles. The van der Waals surface area contributed by atoms with Crippen LogP contribution in [-0.4, -0.2) is 68.2 Å². The van der Waals surface area contributed by atoms with Crippen molar-refractivity contribution in [3.8, 4) is 0 Å². The molecule has 3 aliphatic rings. The third-order valence-electron chi connectivity index (χ3n) is 6.43. The highest BCUT2D eigenvalue weighted by molar-refractivity contribution is 5.93. The molecule has 4 atom stereocenters. The standard InChI is InChI=1S/C22H25N5O3/c1-25(9-6-16-11-24-26(2)12-16)20(28)18-17-5-7-22(30-17)14-27(21(29)19(18)22)13-15-4-3-8-23-10-15/h3-5,7-8,10-12,17-19H,6,9,13-14H2,1-2H3/t17-,18+,19-,22-/m0/s1. The molecule has 2 bridgehead atoms. The predicted octanol–water partition coefficient (Wildman–Crippen LogP) is 0.798. The van der Waals surface area contributed by atoms with Gasteiger partial charge in [0, 0.05) is 45.8 Å². The van der Waals surface area contributed by atoms with Gasteiger partial charge in [0.25, 0.3) is 0 Å². The van der Waals surface area contributed by atoms with E-state index in [0.29, 0.717) is 19.6 Å². The molecule has 0 aliphatic carbocycles. The van der Waals surface area contributed by atoms with Crippen LogP contribution >= 0.6 is 0 Å². The number of likely N-dealkylation sites (tertiary alicyclic amines) is 1. The van der Waals surface area contributed by atoms with Gasteiger partial charge < -0.3 is 14.5 Å². The maximum Gasteiger partial charge on any atom is 0.230 e. The van der Waals surface area contributed by atoms with Crippen LogP contribution in [0.15, 0.2) is 49.1 Å². The molecule has 0 saturated carbocycles. The maximum atomic E-state index is 13.3. The average Bonchev–Trinajstić information content (AvgIpc) is 3.48. The van der Waals surface area contributed by atoms with Gasteiger partial charge in [0.05, 0.1) is 30.7 Å². The Morgan fingerprint density at radius 3 is 2.97 bits per heavy atom. The van der Waals surface area contributed by atoms with E-state index in [0.717, 1.165) is 17.5 Å². The van der Waals surface area contributed by atoms with Gasteiger partial charge >= 0.3 is 0 Å². The van der Waals surface area contributed by atoms with Crippen LogP contribution in [0.1, 0.15) is 11.1 Å². The van der Waals surface area contributed by atoms with E-state index in [1.807, 2.05) is 43.7 Å². The molecule has 0 N–H and O–H groups in total. The summed E-state index contributed by atoms with van der Waals surface area (Å²) in [6.45, 7) is 1.52. The number of carbonyl (C=O) groups is 2. The summed E-state index contributed by atoms with van der Waals surface area (Å²) in [7, 11) is 3.67. The lowest BCUT2D eigenvalue weighted by molar-refractivity contribution is -0.142. The van der Waals surface area contributed by atoms with Crippen LogP contribution in [-0.2, 0) is 34.3 Å². The zero-order valence-corrected chi connectivity index (χ0v) is 17.1. The monoisotopic (exact) mass is 407 g/mol. The van der Waals surface area contributed by atoms with Gasteiger partial charge in [-0.05, 0) is 23.6 Å². The normalized spacial score (nSPS) is 28.9. The number of fused-ring (bicyclic) bond motifs is 1. The number of pyridine rings is 1. The second-order valence-corrected chi connectivity index (χ2v) is 8.49. The van der Waals surface area contributed by atoms with Crippen LogP contribution in [0, 0.1) is 11.8 Å². The Balaban J connectivity index is 1.31. The van der Waals surface area contributed by atoms with Crippen molar-refractivity contribution < 1.29 is 14.3 Å². The van der Waals surface area contributed by atoms with E-state index in [1.54, 1.807) is 33.9 Å². The van der Waals surface area contributed by atoms with Gasteiger partial charge in [-0.15, -0.1) is 0 Å². The zero-order valence-electron chi connectivity index (χ0n) is 17.1. The zero-order chi connectivity index (χ0) is 20.9. The predicted molar refractivity (Wildman–Crippen MR) is 108 cm³/mol. The number of carbonyl (C=O) groups excluding carboxylic acids is 2. The highest BCUT2D eigenvalue weighted by Gasteiger charge is 2.67. The van der Waals surface area contributed by atoms with Gasteiger partial charge in [-0.3, -0.25) is 19.3 Å². The summed E-state index contributed by atoms with van der Waals surface area (Å²) in [6, 6.07) is 3.82. The van der Waals surface area contributed by atoms with E-state index in [9.17, 15) is 9.59 Å². The first kappa shape index (κ1) is 19.0. The van der Waals surface area contributed by atoms with Crippen molar-refractivity contribution in [3.63, 3.8) is 0 Å². The number of aryl methyl sites for hydroxylation is 1. The number of hydrogen-bond acceptors (Lipinski definition) is 5. The number of amides is 2. The largest absolute Gasteiger partial charge is 0.360 e. The molecule has 3 aliphatic heterocycles. The van der Waals surface area contributed by atoms with Crippen molar-refractivity contribution in [1.82, 2.24) is 24.6 Å². The summed E-state index contributed by atoms with van der Waals surface area (Å²) >= 11 is 0. The summed E-state index contributed by atoms with van der Waals surface area (Å²) in [5.74, 6) is -0.973. The van der Waals surface area contributed by atoms with Gasteiger partial charge in [0.1, 0.15) is 5.60 Å². The lowest BCUT2D eigenvalue weighted by atomic mass is 9.76. The number of rotatable bonds is 6. The van der Waals surface area contributed by atoms with E-state index in [4.69, 9.17) is 4.74 Å². The second-order valence-electron chi connectivity index (χ2n) is 8.49. The molecule has 30 heavy (non-hydrogen) atoms. The summed E-state index contributed by atoms with van der Waals surface area (Å²) in [5.41, 5.74) is 1.36. The highest BCUT2D eigenvalue weighted by atomic mass is 16.5. The van der Waals surface area contributed by atoms with Gasteiger partial charge in [-0.2, -0.15) is 5.10 Å². The Hall–Kier alpha value is -3.00. The minimum absolute atomic E-state index is 0.00953. The molecule has 1 spiro atoms. The van der Waals surface area contributed by atoms with Gasteiger partial charge in [0.15, 0.2) is 0 Å². The number of hydrogen-bond donors (Lipinski definition) is 0. The fourth-order valence-electron chi connectivity index (χ4n) is 4.97. The molecule has 5 heterocycles. The molecule has 156 valence electrons. The molecule has 2 fully saturated rings. The molecule has 8 nitrogen and oxygen atoms in total. The topological polar surface area (TPSA) is 80.6 Å². The summed E-state index contributed by atoms with van der Waals surface area (Å²) in [5, 5.41) is 4.17. The van der Waals surface area contributed by atoms with E-state index in [2.05, 4.69) is 10.1 Å². The van der Waals surface area contributed by atoms with Crippen LogP contribution in [0.3, 0.4) is 0 Å². The Labute approximate surface area is 175 Å². The second kappa shape index (κ2) is 7.05. The molecule has 5 rings (SSSR count). The average molecular weight is 407 g/mol. The number of aromatic nitrogens is 3. The summed E-state index contributed by atoms with van der Waals surface area (Å²) < 4.78 is 7.98. The lowest BCUT2D eigenvalue weighted by Crippen LogP contribution is -2.45. The van der Waals surface area contributed by atoms with Crippen molar-refractivity contribution in [1.29, 1.82) is 0 Å². The van der Waals surface area contributed by atoms with Gasteiger partial charge in [-0.25, -0.2) is 0 Å². The van der Waals surface area contributed by atoms with E-state index < -0.39 is 17.4 Å². The molecular weight excluding hydrogens is 382 g/mol. The third kappa shape index (κ3) is 3.02. The molecule has 2 amide bonds. The number of ether oxygens (including phenoxy) is 1. The third-order valence-corrected chi connectivity index (χ3v) is 6.43. The SMILES string of the molecule is CN(CCc1cnn(C)c1)C(=O)[C@@H]1[C@@H]2C=C[C@@]3(CN(Cc4cccnc4)C(=O)[C@H]13)O2. The fourth-order valence-corrected chi connectivity index (χ4v) is 4.97. The highest BCUT2D eigenvalue weighted by Crippen LogP contribution is 2.52. The minimum atomic E-state index is -0.686. The Bertz CT molecular complexity index is 1000. The van der Waals surface area contributed by atoms with Crippen molar-refractivity contribution >= 4 is 11.8 Å². The van der Waals surface area contributed by atoms with Crippen molar-refractivity contribution in [3.05, 3.63) is 60.2 Å². The Kier molecular flexibility index (Phi) is 4.47. The number of nitrogens with zero attached hydrogens (tertiary/aromatic N) is 5. The Morgan fingerprint density at radius 1 is 1.37 bits per heavy atom. The molecular formula is C22H25N5O3. The smallest absolute Gasteiger partial charge is 0.230 e. The minimum Gasteiger partial charge on any atom is -0.360 e. The molecule has 2 aromatic rings. The van der Waals surface area contributed by atoms with E-state index in [1.165, 1.54) is 0 Å². The van der Waals surface area contributed by atoms with Crippen molar-refractivity contribution in [2.24, 2.45) is 18.9 Å². The molecule has 0 aromatic carbocycles. The molecule has 0 radical (unpaired) electrons.